The molecule has 1 aromatic rings. The number of nitrogens with two attached hydrogens (primary N) is 1. The van der Waals surface area contributed by atoms with E-state index in [-0.39, 0.29) is 0 Å². The predicted molar refractivity (Wildman–Crippen MR) is 89.7 cm³/mol. The van der Waals surface area contributed by atoms with Crippen LogP contribution in [0.2, 0.25) is 0 Å². The number of rotatable bonds is 7. The fourth-order valence-electron chi connectivity index (χ4n) is 1.86. The molecule has 106 valence electrons. The van der Waals surface area contributed by atoms with Crippen molar-refractivity contribution in [2.75, 3.05) is 31.1 Å². The van der Waals surface area contributed by atoms with E-state index in [4.69, 9.17) is 22.7 Å². The van der Waals surface area contributed by atoms with Crippen LogP contribution in [0, 0.1) is 0 Å². The Morgan fingerprint density at radius 1 is 1.53 bits per heavy atom. The first-order chi connectivity index (χ1) is 9.01. The van der Waals surface area contributed by atoms with Gasteiger partial charge < -0.3 is 15.4 Å². The van der Waals surface area contributed by atoms with Gasteiger partial charge in [-0.05, 0) is 37.5 Å². The molecule has 0 radical (unpaired) electrons. The third-order valence-corrected chi connectivity index (χ3v) is 4.12. The highest BCUT2D eigenvalue weighted by molar-refractivity contribution is 7.98. The van der Waals surface area contributed by atoms with Crippen LogP contribution in [0.25, 0.3) is 0 Å². The molecule has 1 aromatic carbocycles. The van der Waals surface area contributed by atoms with Crippen molar-refractivity contribution in [3.63, 3.8) is 0 Å². The Morgan fingerprint density at radius 2 is 2.21 bits per heavy atom. The zero-order chi connectivity index (χ0) is 14.4. The van der Waals surface area contributed by atoms with Crippen molar-refractivity contribution in [2.24, 2.45) is 5.73 Å². The van der Waals surface area contributed by atoms with E-state index in [0.717, 1.165) is 29.2 Å². The van der Waals surface area contributed by atoms with Crippen LogP contribution in [0.5, 0.6) is 5.75 Å². The van der Waals surface area contributed by atoms with Gasteiger partial charge in [-0.1, -0.05) is 12.2 Å². The fraction of sp³-hybridized carbons (Fsp3) is 0.500. The van der Waals surface area contributed by atoms with Gasteiger partial charge >= 0.3 is 0 Å². The zero-order valence-corrected chi connectivity index (χ0v) is 13.6. The minimum Gasteiger partial charge on any atom is -0.497 e. The number of thioether (sulfide) groups is 1. The van der Waals surface area contributed by atoms with Crippen LogP contribution >= 0.6 is 24.0 Å². The zero-order valence-electron chi connectivity index (χ0n) is 12.0. The number of nitrogens with zero attached hydrogens (tertiary/aromatic N) is 1. The molecule has 0 aliphatic rings. The van der Waals surface area contributed by atoms with Crippen LogP contribution < -0.4 is 15.4 Å². The lowest BCUT2D eigenvalue weighted by Gasteiger charge is -2.29. The Morgan fingerprint density at radius 3 is 2.74 bits per heavy atom. The number of methoxy groups -OCH3 is 1. The quantitative estimate of drug-likeness (QED) is 0.784. The molecule has 0 bridgehead atoms. The molecule has 1 atom stereocenters. The van der Waals surface area contributed by atoms with Gasteiger partial charge in [0.1, 0.15) is 10.7 Å². The second kappa shape index (κ2) is 7.60. The molecule has 0 spiro atoms. The number of ether oxygens (including phenoxy) is 1. The van der Waals surface area contributed by atoms with Gasteiger partial charge in [-0.25, -0.2) is 0 Å². The first-order valence-electron chi connectivity index (χ1n) is 6.20. The minimum atomic E-state index is 0.418. The summed E-state index contributed by atoms with van der Waals surface area (Å²) in [6.45, 7) is 2.21. The van der Waals surface area contributed by atoms with Crippen molar-refractivity contribution in [3.05, 3.63) is 23.8 Å². The van der Waals surface area contributed by atoms with Crippen molar-refractivity contribution in [1.82, 2.24) is 0 Å². The third-order valence-electron chi connectivity index (χ3n) is 3.25. The van der Waals surface area contributed by atoms with Crippen molar-refractivity contribution in [1.29, 1.82) is 0 Å². The first-order valence-corrected chi connectivity index (χ1v) is 8.01. The van der Waals surface area contributed by atoms with Crippen LogP contribution in [0.3, 0.4) is 0 Å². The van der Waals surface area contributed by atoms with Crippen LogP contribution in [0.1, 0.15) is 18.9 Å². The smallest absolute Gasteiger partial charge is 0.120 e. The summed E-state index contributed by atoms with van der Waals surface area (Å²) in [4.78, 5) is 2.63. The molecular formula is C14H22N2OS2. The van der Waals surface area contributed by atoms with Gasteiger partial charge in [0.15, 0.2) is 0 Å². The average molecular weight is 298 g/mol. The molecule has 5 heteroatoms. The molecule has 1 rings (SSSR count). The van der Waals surface area contributed by atoms with Crippen molar-refractivity contribution in [3.8, 4) is 5.75 Å². The van der Waals surface area contributed by atoms with E-state index >= 15 is 0 Å². The molecule has 1 unspecified atom stereocenters. The highest BCUT2D eigenvalue weighted by atomic mass is 32.2. The molecule has 0 aromatic heterocycles. The Labute approximate surface area is 125 Å². The summed E-state index contributed by atoms with van der Waals surface area (Å²) >= 11 is 6.99. The number of hydrogen-bond acceptors (Lipinski definition) is 4. The lowest BCUT2D eigenvalue weighted by Crippen LogP contribution is -2.31. The second-order valence-electron chi connectivity index (χ2n) is 4.49. The Balaban J connectivity index is 3.04. The highest BCUT2D eigenvalue weighted by Crippen LogP contribution is 2.27. The monoisotopic (exact) mass is 298 g/mol. The second-order valence-corrected chi connectivity index (χ2v) is 5.91. The standard InChI is InChI=1S/C14H22N2OS2/c1-10(7-8-19-4)16(2)13-9-11(17-3)5-6-12(13)14(15)18/h5-6,9-10H,7-8H2,1-4H3,(H2,15,18). The molecule has 19 heavy (non-hydrogen) atoms. The normalized spacial score (nSPS) is 12.0. The van der Waals surface area contributed by atoms with Gasteiger partial charge in [-0.2, -0.15) is 11.8 Å². The number of anilines is 1. The lowest BCUT2D eigenvalue weighted by atomic mass is 10.1. The van der Waals surface area contributed by atoms with E-state index in [1.165, 1.54) is 0 Å². The van der Waals surface area contributed by atoms with E-state index < -0.39 is 0 Å². The Bertz CT molecular complexity index is 437. The summed E-state index contributed by atoms with van der Waals surface area (Å²) in [5.41, 5.74) is 7.73. The number of benzene rings is 1. The van der Waals surface area contributed by atoms with E-state index in [1.807, 2.05) is 30.0 Å². The summed E-state index contributed by atoms with van der Waals surface area (Å²) < 4.78 is 5.29. The van der Waals surface area contributed by atoms with Gasteiger partial charge in [0.2, 0.25) is 0 Å². The Hall–Kier alpha value is -0.940. The fourth-order valence-corrected chi connectivity index (χ4v) is 2.61. The summed E-state index contributed by atoms with van der Waals surface area (Å²) in [5, 5.41) is 0. The average Bonchev–Trinajstić information content (AvgIpc) is 2.42. The predicted octanol–water partition coefficient (Wildman–Crippen LogP) is 2.91. The maximum atomic E-state index is 5.80. The maximum Gasteiger partial charge on any atom is 0.120 e. The van der Waals surface area contributed by atoms with Crippen LogP contribution in [0.4, 0.5) is 5.69 Å². The van der Waals surface area contributed by atoms with Gasteiger partial charge in [-0.3, -0.25) is 0 Å². The molecule has 2 N–H and O–H groups in total. The summed E-state index contributed by atoms with van der Waals surface area (Å²) in [6, 6.07) is 6.23. The first kappa shape index (κ1) is 16.1. The molecule has 0 aliphatic heterocycles. The van der Waals surface area contributed by atoms with E-state index in [1.54, 1.807) is 7.11 Å². The summed E-state index contributed by atoms with van der Waals surface area (Å²) in [5.74, 6) is 1.96. The van der Waals surface area contributed by atoms with E-state index in [9.17, 15) is 0 Å². The molecule has 0 heterocycles. The third kappa shape index (κ3) is 4.28. The SMILES string of the molecule is COc1ccc(C(N)=S)c(N(C)C(C)CCSC)c1. The van der Waals surface area contributed by atoms with Crippen molar-refractivity contribution < 1.29 is 4.74 Å². The number of hydrogen-bond donors (Lipinski definition) is 1. The highest BCUT2D eigenvalue weighted by Gasteiger charge is 2.15. The van der Waals surface area contributed by atoms with E-state index in [2.05, 4.69) is 25.1 Å². The van der Waals surface area contributed by atoms with Gasteiger partial charge in [0.25, 0.3) is 0 Å². The van der Waals surface area contributed by atoms with Crippen LogP contribution in [-0.2, 0) is 0 Å². The molecule has 3 nitrogen and oxygen atoms in total. The molecule has 0 aliphatic carbocycles. The molecule has 0 fully saturated rings. The number of thiocarbonyl (C=S) groups is 1. The van der Waals surface area contributed by atoms with Gasteiger partial charge in [0.05, 0.1) is 12.8 Å². The van der Waals surface area contributed by atoms with Crippen molar-refractivity contribution in [2.45, 2.75) is 19.4 Å². The molecular weight excluding hydrogens is 276 g/mol. The maximum absolute atomic E-state index is 5.80. The van der Waals surface area contributed by atoms with Gasteiger partial charge in [-0.15, -0.1) is 0 Å². The Kier molecular flexibility index (Phi) is 6.45. The minimum absolute atomic E-state index is 0.418. The molecule has 0 amide bonds. The summed E-state index contributed by atoms with van der Waals surface area (Å²) in [7, 11) is 3.73. The topological polar surface area (TPSA) is 38.5 Å². The van der Waals surface area contributed by atoms with Crippen molar-refractivity contribution >= 4 is 34.7 Å². The van der Waals surface area contributed by atoms with Crippen LogP contribution in [-0.4, -0.2) is 37.2 Å². The van der Waals surface area contributed by atoms with Gasteiger partial charge in [0, 0.05) is 24.7 Å². The van der Waals surface area contributed by atoms with Crippen LogP contribution in [0.15, 0.2) is 18.2 Å². The molecule has 0 saturated heterocycles. The summed E-state index contributed by atoms with van der Waals surface area (Å²) in [6.07, 6.45) is 3.24. The van der Waals surface area contributed by atoms with E-state index in [0.29, 0.717) is 11.0 Å². The molecule has 0 saturated carbocycles. The lowest BCUT2D eigenvalue weighted by molar-refractivity contribution is 0.414. The largest absolute Gasteiger partial charge is 0.497 e.